The molecule has 234 valence electrons. The number of carbonyl (C=O) groups is 1. The zero-order chi connectivity index (χ0) is 32.7. The molecule has 0 radical (unpaired) electrons. The Morgan fingerprint density at radius 1 is 1.02 bits per heavy atom. The third kappa shape index (κ3) is 6.34. The third-order valence-corrected chi connectivity index (χ3v) is 8.48. The number of alkyl halides is 2. The SMILES string of the molecule is COc1cc(C(=O)NC[C@@](O)(c2ccccc2)c2cc(C(C)(C)O)c(Cl)c(-c3cccc(Cl)c3Cl)n2)cc2cn(C(F)F)nc12. The highest BCUT2D eigenvalue weighted by atomic mass is 35.5. The van der Waals surface area contributed by atoms with E-state index in [4.69, 9.17) is 44.5 Å². The molecule has 2 aromatic heterocycles. The minimum Gasteiger partial charge on any atom is -0.494 e. The Balaban J connectivity index is 1.62. The number of rotatable bonds is 9. The molecule has 5 aromatic rings. The first-order valence-corrected chi connectivity index (χ1v) is 14.7. The second-order valence-corrected chi connectivity index (χ2v) is 12.0. The van der Waals surface area contributed by atoms with Crippen molar-refractivity contribution in [1.29, 1.82) is 0 Å². The van der Waals surface area contributed by atoms with Gasteiger partial charge >= 0.3 is 6.55 Å². The van der Waals surface area contributed by atoms with Gasteiger partial charge in [0.1, 0.15) is 16.9 Å². The Kier molecular flexibility index (Phi) is 9.08. The molecule has 0 saturated carbocycles. The summed E-state index contributed by atoms with van der Waals surface area (Å²) in [5.74, 6) is -0.517. The van der Waals surface area contributed by atoms with Crippen molar-refractivity contribution >= 4 is 51.6 Å². The lowest BCUT2D eigenvalue weighted by atomic mass is 9.86. The number of hydrogen-bond acceptors (Lipinski definition) is 6. The van der Waals surface area contributed by atoms with Crippen LogP contribution >= 0.6 is 34.8 Å². The van der Waals surface area contributed by atoms with Crippen LogP contribution in [0.4, 0.5) is 8.78 Å². The van der Waals surface area contributed by atoms with Gasteiger partial charge in [0.2, 0.25) is 0 Å². The molecule has 5 rings (SSSR count). The number of hydrogen-bond donors (Lipinski definition) is 3. The highest BCUT2D eigenvalue weighted by Crippen LogP contribution is 2.42. The van der Waals surface area contributed by atoms with Crippen LogP contribution < -0.4 is 10.1 Å². The Hall–Kier alpha value is -3.80. The van der Waals surface area contributed by atoms with Crippen LogP contribution in [0.25, 0.3) is 22.2 Å². The summed E-state index contributed by atoms with van der Waals surface area (Å²) in [7, 11) is 1.34. The quantitative estimate of drug-likeness (QED) is 0.151. The van der Waals surface area contributed by atoms with Gasteiger partial charge in [0.25, 0.3) is 5.91 Å². The average Bonchev–Trinajstić information content (AvgIpc) is 3.46. The first kappa shape index (κ1) is 32.6. The Morgan fingerprint density at radius 2 is 1.73 bits per heavy atom. The fourth-order valence-corrected chi connectivity index (χ4v) is 5.74. The number of benzene rings is 3. The van der Waals surface area contributed by atoms with Crippen LogP contribution in [0.5, 0.6) is 5.75 Å². The minimum atomic E-state index is -2.88. The third-order valence-electron chi connectivity index (χ3n) is 7.28. The lowest BCUT2D eigenvalue weighted by Gasteiger charge is -2.31. The van der Waals surface area contributed by atoms with Crippen LogP contribution in [0.15, 0.2) is 72.9 Å². The average molecular weight is 676 g/mol. The molecule has 1 atom stereocenters. The van der Waals surface area contributed by atoms with Gasteiger partial charge in [0, 0.05) is 28.3 Å². The largest absolute Gasteiger partial charge is 0.494 e. The van der Waals surface area contributed by atoms with E-state index in [2.05, 4.69) is 10.4 Å². The number of fused-ring (bicyclic) bond motifs is 1. The second-order valence-electron chi connectivity index (χ2n) is 10.8. The topological polar surface area (TPSA) is 110 Å². The molecule has 0 aliphatic heterocycles. The number of ether oxygens (including phenoxy) is 1. The molecule has 0 aliphatic carbocycles. The van der Waals surface area contributed by atoms with Crippen LogP contribution in [0.1, 0.15) is 47.6 Å². The van der Waals surface area contributed by atoms with Gasteiger partial charge in [-0.25, -0.2) is 9.67 Å². The zero-order valence-electron chi connectivity index (χ0n) is 24.2. The van der Waals surface area contributed by atoms with Crippen molar-refractivity contribution in [2.24, 2.45) is 0 Å². The number of pyridine rings is 1. The first-order valence-electron chi connectivity index (χ1n) is 13.5. The van der Waals surface area contributed by atoms with Gasteiger partial charge in [0.15, 0.2) is 0 Å². The van der Waals surface area contributed by atoms with Crippen molar-refractivity contribution in [2.75, 3.05) is 13.7 Å². The Morgan fingerprint density at radius 3 is 2.38 bits per heavy atom. The molecule has 3 N–H and O–H groups in total. The Labute approximate surface area is 272 Å². The molecule has 45 heavy (non-hydrogen) atoms. The van der Waals surface area contributed by atoms with Crippen LogP contribution in [-0.4, -0.2) is 44.5 Å². The van der Waals surface area contributed by atoms with Crippen molar-refractivity contribution in [3.8, 4) is 17.0 Å². The molecule has 0 saturated heterocycles. The predicted molar refractivity (Wildman–Crippen MR) is 169 cm³/mol. The van der Waals surface area contributed by atoms with Gasteiger partial charge in [-0.1, -0.05) is 77.3 Å². The summed E-state index contributed by atoms with van der Waals surface area (Å²) in [5.41, 5.74) is -2.02. The molecule has 0 unspecified atom stereocenters. The molecule has 2 heterocycles. The number of halogens is 5. The minimum absolute atomic E-state index is 0.0489. The van der Waals surface area contributed by atoms with E-state index in [1.807, 2.05) is 0 Å². The van der Waals surface area contributed by atoms with Crippen LogP contribution in [0.2, 0.25) is 15.1 Å². The fraction of sp³-hybridized carbons (Fsp3) is 0.219. The van der Waals surface area contributed by atoms with E-state index in [1.54, 1.807) is 48.5 Å². The highest BCUT2D eigenvalue weighted by molar-refractivity contribution is 6.44. The maximum absolute atomic E-state index is 13.5. The zero-order valence-corrected chi connectivity index (χ0v) is 26.4. The lowest BCUT2D eigenvalue weighted by molar-refractivity contribution is 0.0573. The number of aliphatic hydroxyl groups is 2. The summed E-state index contributed by atoms with van der Waals surface area (Å²) >= 11 is 19.6. The number of carbonyl (C=O) groups excluding carboxylic acids is 1. The van der Waals surface area contributed by atoms with E-state index in [1.165, 1.54) is 39.2 Å². The van der Waals surface area contributed by atoms with Gasteiger partial charge in [-0.05, 0) is 43.7 Å². The summed E-state index contributed by atoms with van der Waals surface area (Å²) in [4.78, 5) is 18.2. The van der Waals surface area contributed by atoms with Crippen LogP contribution in [0, 0.1) is 0 Å². The van der Waals surface area contributed by atoms with E-state index in [0.717, 1.165) is 6.20 Å². The van der Waals surface area contributed by atoms with Gasteiger partial charge in [0.05, 0.1) is 45.7 Å². The van der Waals surface area contributed by atoms with Gasteiger partial charge in [-0.2, -0.15) is 13.9 Å². The van der Waals surface area contributed by atoms with Gasteiger partial charge < -0.3 is 20.3 Å². The normalized spacial score (nSPS) is 13.2. The predicted octanol–water partition coefficient (Wildman–Crippen LogP) is 7.36. The molecule has 1 amide bonds. The maximum Gasteiger partial charge on any atom is 0.333 e. The second kappa shape index (κ2) is 12.5. The summed E-state index contributed by atoms with van der Waals surface area (Å²) in [6.07, 6.45) is 1.11. The molecule has 13 heteroatoms. The van der Waals surface area contributed by atoms with Crippen LogP contribution in [0.3, 0.4) is 0 Å². The molecule has 0 spiro atoms. The van der Waals surface area contributed by atoms with Crippen molar-refractivity contribution in [3.05, 3.63) is 110 Å². The van der Waals surface area contributed by atoms with Crippen molar-refractivity contribution < 1.29 is 28.5 Å². The molecular formula is C32H27Cl3F2N4O4. The number of amides is 1. The Bertz CT molecular complexity index is 1900. The van der Waals surface area contributed by atoms with Crippen molar-refractivity contribution in [2.45, 2.75) is 31.6 Å². The lowest BCUT2D eigenvalue weighted by Crippen LogP contribution is -2.42. The molecule has 3 aromatic carbocycles. The van der Waals surface area contributed by atoms with Crippen LogP contribution in [-0.2, 0) is 11.2 Å². The summed E-state index contributed by atoms with van der Waals surface area (Å²) in [5, 5.41) is 30.8. The highest BCUT2D eigenvalue weighted by Gasteiger charge is 2.37. The fourth-order valence-electron chi connectivity index (χ4n) is 4.92. The number of nitrogens with zero attached hydrogens (tertiary/aromatic N) is 3. The number of aromatic nitrogens is 3. The maximum atomic E-state index is 13.5. The first-order chi connectivity index (χ1) is 21.2. The molecule has 0 aliphatic rings. The van der Waals surface area contributed by atoms with E-state index in [9.17, 15) is 23.8 Å². The molecule has 8 nitrogen and oxygen atoms in total. The number of methoxy groups -OCH3 is 1. The van der Waals surface area contributed by atoms with Gasteiger partial charge in [-0.15, -0.1) is 0 Å². The van der Waals surface area contributed by atoms with E-state index in [-0.39, 0.29) is 54.2 Å². The molecular weight excluding hydrogens is 649 g/mol. The molecule has 0 fully saturated rings. The smallest absolute Gasteiger partial charge is 0.333 e. The van der Waals surface area contributed by atoms with E-state index in [0.29, 0.717) is 15.8 Å². The molecule has 0 bridgehead atoms. The summed E-state index contributed by atoms with van der Waals surface area (Å²) < 4.78 is 32.4. The van der Waals surface area contributed by atoms with Crippen molar-refractivity contribution in [3.63, 3.8) is 0 Å². The number of nitrogens with one attached hydrogen (secondary N) is 1. The van der Waals surface area contributed by atoms with E-state index < -0.39 is 30.2 Å². The monoisotopic (exact) mass is 674 g/mol. The summed E-state index contributed by atoms with van der Waals surface area (Å²) in [6, 6.07) is 17.7. The van der Waals surface area contributed by atoms with Gasteiger partial charge in [-0.3, -0.25) is 4.79 Å². The summed E-state index contributed by atoms with van der Waals surface area (Å²) in [6.45, 7) is -0.211. The van der Waals surface area contributed by atoms with Crippen molar-refractivity contribution in [1.82, 2.24) is 20.1 Å². The standard InChI is InChI=1S/C32H27Cl3F2N4O4/c1-31(2,43)21-14-24(39-28(26(21)35)20-10-7-11-22(33)25(20)34)32(44,19-8-5-4-6-9-19)16-38-29(42)17-12-18-15-41(30(36)37)40-27(18)23(13-17)45-3/h4-15,30,43-44H,16H2,1-3H3,(H,38,42)/t32-/m1/s1. The van der Waals surface area contributed by atoms with E-state index >= 15 is 0 Å².